The Kier molecular flexibility index (Phi) is 7.19. The van der Waals surface area contributed by atoms with E-state index in [9.17, 15) is 9.59 Å². The third-order valence-corrected chi connectivity index (χ3v) is 7.81. The molecule has 0 bridgehead atoms. The number of anilines is 2. The molecule has 1 heterocycles. The van der Waals surface area contributed by atoms with E-state index in [1.807, 2.05) is 114 Å². The molecule has 5 heteroatoms. The van der Waals surface area contributed by atoms with Gasteiger partial charge in [0.25, 0.3) is 0 Å². The second-order valence-electron chi connectivity index (χ2n) is 11.6. The topological polar surface area (TPSA) is 58.6 Å². The highest BCUT2D eigenvalue weighted by molar-refractivity contribution is 6.06. The Morgan fingerprint density at radius 3 is 2.17 bits per heavy atom. The fraction of sp³-hybridized carbons (Fsp3) is 0.222. The molecule has 1 aliphatic carbocycles. The van der Waals surface area contributed by atoms with Crippen LogP contribution in [0.1, 0.15) is 49.4 Å². The number of hydrogen-bond acceptors (Lipinski definition) is 4. The van der Waals surface area contributed by atoms with E-state index in [0.29, 0.717) is 18.6 Å². The van der Waals surface area contributed by atoms with Crippen molar-refractivity contribution in [1.82, 2.24) is 0 Å². The fourth-order valence-corrected chi connectivity index (χ4v) is 5.92. The number of hydrogen-bond donors (Lipinski definition) is 1. The van der Waals surface area contributed by atoms with Crippen molar-refractivity contribution >= 4 is 23.1 Å². The average Bonchev–Trinajstić information content (AvgIpc) is 3.11. The molecule has 1 N–H and O–H groups in total. The van der Waals surface area contributed by atoms with E-state index in [1.165, 1.54) is 0 Å². The van der Waals surface area contributed by atoms with Crippen molar-refractivity contribution in [2.24, 2.45) is 5.41 Å². The van der Waals surface area contributed by atoms with Gasteiger partial charge in [0, 0.05) is 17.7 Å². The lowest BCUT2D eigenvalue weighted by molar-refractivity contribution is -0.119. The lowest BCUT2D eigenvalue weighted by Gasteiger charge is -2.37. The van der Waals surface area contributed by atoms with Crippen molar-refractivity contribution in [3.63, 3.8) is 0 Å². The van der Waals surface area contributed by atoms with Gasteiger partial charge in [-0.3, -0.25) is 14.5 Å². The van der Waals surface area contributed by atoms with Gasteiger partial charge in [0.15, 0.2) is 5.78 Å². The van der Waals surface area contributed by atoms with Crippen molar-refractivity contribution in [3.8, 4) is 5.75 Å². The van der Waals surface area contributed by atoms with Crippen LogP contribution in [-0.2, 0) is 22.6 Å². The summed E-state index contributed by atoms with van der Waals surface area (Å²) in [5.74, 6) is 0.743. The molecule has 6 rings (SSSR count). The second kappa shape index (κ2) is 11.1. The van der Waals surface area contributed by atoms with Gasteiger partial charge in [-0.25, -0.2) is 0 Å². The van der Waals surface area contributed by atoms with E-state index in [0.717, 1.165) is 45.9 Å². The van der Waals surface area contributed by atoms with E-state index in [-0.39, 0.29) is 23.5 Å². The molecule has 0 fully saturated rings. The first kappa shape index (κ1) is 26.6. The van der Waals surface area contributed by atoms with Crippen molar-refractivity contribution in [3.05, 3.63) is 137 Å². The van der Waals surface area contributed by atoms with Gasteiger partial charge >= 0.3 is 0 Å². The van der Waals surface area contributed by atoms with Gasteiger partial charge in [-0.1, -0.05) is 98.8 Å². The Morgan fingerprint density at radius 1 is 0.829 bits per heavy atom. The molecule has 206 valence electrons. The van der Waals surface area contributed by atoms with Gasteiger partial charge in [0.2, 0.25) is 5.91 Å². The molecular weight excluding hydrogens is 508 g/mol. The molecule has 5 nitrogen and oxygen atoms in total. The van der Waals surface area contributed by atoms with Crippen LogP contribution in [0.25, 0.3) is 0 Å². The van der Waals surface area contributed by atoms with Gasteiger partial charge < -0.3 is 10.1 Å². The fourth-order valence-electron chi connectivity index (χ4n) is 5.92. The summed E-state index contributed by atoms with van der Waals surface area (Å²) in [6.07, 6.45) is 1.38. The van der Waals surface area contributed by atoms with Gasteiger partial charge in [-0.2, -0.15) is 0 Å². The molecule has 0 spiro atoms. The molecule has 1 atom stereocenters. The van der Waals surface area contributed by atoms with Crippen LogP contribution in [0.5, 0.6) is 5.75 Å². The summed E-state index contributed by atoms with van der Waals surface area (Å²) < 4.78 is 6.05. The molecule has 0 radical (unpaired) electrons. The lowest BCUT2D eigenvalue weighted by Crippen LogP contribution is -2.40. The quantitative estimate of drug-likeness (QED) is 0.272. The number of allylic oxidation sites excluding steroid dienone is 1. The lowest BCUT2D eigenvalue weighted by atomic mass is 9.73. The first-order valence-electron chi connectivity index (χ1n) is 14.1. The van der Waals surface area contributed by atoms with Crippen LogP contribution in [0.3, 0.4) is 0 Å². The summed E-state index contributed by atoms with van der Waals surface area (Å²) >= 11 is 0. The van der Waals surface area contributed by atoms with Crippen LogP contribution in [-0.4, -0.2) is 11.7 Å². The predicted octanol–water partition coefficient (Wildman–Crippen LogP) is 7.65. The maximum atomic E-state index is 14.2. The molecule has 0 saturated carbocycles. The summed E-state index contributed by atoms with van der Waals surface area (Å²) in [6.45, 7) is 4.71. The van der Waals surface area contributed by atoms with Crippen molar-refractivity contribution < 1.29 is 14.3 Å². The molecule has 2 aliphatic rings. The minimum Gasteiger partial charge on any atom is -0.489 e. The highest BCUT2D eigenvalue weighted by Crippen LogP contribution is 2.48. The number of nitrogens with one attached hydrogen (secondary N) is 1. The van der Waals surface area contributed by atoms with Gasteiger partial charge in [-0.05, 0) is 52.8 Å². The largest absolute Gasteiger partial charge is 0.489 e. The minimum absolute atomic E-state index is 0.0637. The molecule has 41 heavy (non-hydrogen) atoms. The number of ketones is 1. The summed E-state index contributed by atoms with van der Waals surface area (Å²) in [4.78, 5) is 30.0. The number of carbonyl (C=O) groups is 2. The molecular formula is C36H34N2O3. The van der Waals surface area contributed by atoms with E-state index >= 15 is 0 Å². The van der Waals surface area contributed by atoms with Crippen LogP contribution in [0.4, 0.5) is 11.4 Å². The van der Waals surface area contributed by atoms with Gasteiger partial charge in [0.05, 0.1) is 23.8 Å². The third kappa shape index (κ3) is 5.66. The van der Waals surface area contributed by atoms with Crippen LogP contribution < -0.4 is 15.0 Å². The van der Waals surface area contributed by atoms with E-state index in [1.54, 1.807) is 0 Å². The molecule has 0 saturated heterocycles. The average molecular weight is 543 g/mol. The monoisotopic (exact) mass is 542 g/mol. The standard InChI is InChI=1S/C36H34N2O3/c1-36(2)22-30-34(32(39)23-36)35(27-17-19-28(20-18-27)41-24-26-13-7-4-8-14-26)38(31-16-10-9-15-29(31)37-30)33(40)21-25-11-5-3-6-12-25/h3-20,35,37H,21-24H2,1-2H3. The zero-order valence-corrected chi connectivity index (χ0v) is 23.5. The number of Topliss-reactive ketones (excluding diaryl/α,β-unsaturated/α-hetero) is 1. The van der Waals surface area contributed by atoms with Crippen LogP contribution >= 0.6 is 0 Å². The molecule has 4 aromatic rings. The number of amides is 1. The Balaban J connectivity index is 1.43. The van der Waals surface area contributed by atoms with Gasteiger partial charge in [-0.15, -0.1) is 0 Å². The predicted molar refractivity (Wildman–Crippen MR) is 163 cm³/mol. The number of rotatable bonds is 6. The minimum atomic E-state index is -0.566. The maximum absolute atomic E-state index is 14.2. The van der Waals surface area contributed by atoms with Crippen molar-refractivity contribution in [2.45, 2.75) is 45.8 Å². The zero-order chi connectivity index (χ0) is 28.4. The van der Waals surface area contributed by atoms with E-state index in [2.05, 4.69) is 19.2 Å². The number of nitrogens with zero attached hydrogens (tertiary/aromatic N) is 1. The first-order valence-corrected chi connectivity index (χ1v) is 14.1. The van der Waals surface area contributed by atoms with Gasteiger partial charge in [0.1, 0.15) is 12.4 Å². The molecule has 0 aromatic heterocycles. The SMILES string of the molecule is CC1(C)CC(=O)C2=C(C1)Nc1ccccc1N(C(=O)Cc1ccccc1)C2c1ccc(OCc2ccccc2)cc1. The molecule has 1 aliphatic heterocycles. The Hall–Kier alpha value is -4.64. The summed E-state index contributed by atoms with van der Waals surface area (Å²) in [5.41, 5.74) is 5.87. The maximum Gasteiger partial charge on any atom is 0.232 e. The Morgan fingerprint density at radius 2 is 1.46 bits per heavy atom. The van der Waals surface area contributed by atoms with Crippen LogP contribution in [0.15, 0.2) is 120 Å². The zero-order valence-electron chi connectivity index (χ0n) is 23.5. The van der Waals surface area contributed by atoms with E-state index in [4.69, 9.17) is 4.74 Å². The summed E-state index contributed by atoms with van der Waals surface area (Å²) in [5, 5.41) is 3.59. The first-order chi connectivity index (χ1) is 19.9. The normalized spacial score (nSPS) is 17.7. The van der Waals surface area contributed by atoms with Crippen molar-refractivity contribution in [2.75, 3.05) is 10.2 Å². The number of ether oxygens (including phenoxy) is 1. The summed E-state index contributed by atoms with van der Waals surface area (Å²) in [6, 6.07) is 34.9. The Labute approximate surface area is 241 Å². The van der Waals surface area contributed by atoms with Crippen molar-refractivity contribution in [1.29, 1.82) is 0 Å². The third-order valence-electron chi connectivity index (χ3n) is 7.81. The van der Waals surface area contributed by atoms with E-state index < -0.39 is 6.04 Å². The highest BCUT2D eigenvalue weighted by atomic mass is 16.5. The number of para-hydroxylation sites is 2. The Bertz CT molecular complexity index is 1590. The highest BCUT2D eigenvalue weighted by Gasteiger charge is 2.43. The van der Waals surface area contributed by atoms with Crippen LogP contribution in [0.2, 0.25) is 0 Å². The smallest absolute Gasteiger partial charge is 0.232 e. The number of carbonyl (C=O) groups excluding carboxylic acids is 2. The number of benzene rings is 4. The molecule has 1 amide bonds. The number of fused-ring (bicyclic) bond motifs is 1. The van der Waals surface area contributed by atoms with Crippen LogP contribution in [0, 0.1) is 5.41 Å². The second-order valence-corrected chi connectivity index (χ2v) is 11.6. The molecule has 1 unspecified atom stereocenters. The molecule has 4 aromatic carbocycles. The summed E-state index contributed by atoms with van der Waals surface area (Å²) in [7, 11) is 0.